The van der Waals surface area contributed by atoms with Crippen molar-refractivity contribution < 1.29 is 9.90 Å². The molecule has 0 radical (unpaired) electrons. The lowest BCUT2D eigenvalue weighted by atomic mass is 10.2. The standard InChI is InChI=1S/C13H23N3O2/c17-13(18)12(14-10-1-2-10)9-15-5-7-16(8-6-15)11-3-4-11/h10-12,14H,1-9H2,(H,17,18). The molecule has 3 aliphatic rings. The quantitative estimate of drug-likeness (QED) is 0.696. The molecule has 1 atom stereocenters. The fourth-order valence-corrected chi connectivity index (χ4v) is 2.75. The van der Waals surface area contributed by atoms with Gasteiger partial charge in [0, 0.05) is 44.8 Å². The number of piperazine rings is 1. The highest BCUT2D eigenvalue weighted by Crippen LogP contribution is 2.27. The van der Waals surface area contributed by atoms with E-state index in [-0.39, 0.29) is 6.04 Å². The van der Waals surface area contributed by atoms with Crippen LogP contribution in [-0.4, -0.2) is 71.7 Å². The number of nitrogens with zero attached hydrogens (tertiary/aromatic N) is 2. The molecule has 2 saturated carbocycles. The summed E-state index contributed by atoms with van der Waals surface area (Å²) in [4.78, 5) is 16.1. The third-order valence-corrected chi connectivity index (χ3v) is 4.22. The number of carboxylic acids is 1. The van der Waals surface area contributed by atoms with Crippen molar-refractivity contribution in [2.45, 2.75) is 43.8 Å². The Balaban J connectivity index is 1.44. The maximum atomic E-state index is 11.2. The van der Waals surface area contributed by atoms with Crippen molar-refractivity contribution >= 4 is 5.97 Å². The first-order chi connectivity index (χ1) is 8.72. The van der Waals surface area contributed by atoms with E-state index < -0.39 is 5.97 Å². The lowest BCUT2D eigenvalue weighted by Gasteiger charge is -2.36. The number of carbonyl (C=O) groups is 1. The SMILES string of the molecule is O=C(O)C(CN1CCN(C2CC2)CC1)NC1CC1. The van der Waals surface area contributed by atoms with Gasteiger partial charge in [-0.05, 0) is 25.7 Å². The number of carboxylic acid groups (broad SMARTS) is 1. The summed E-state index contributed by atoms with van der Waals surface area (Å²) in [5, 5.41) is 12.5. The zero-order valence-electron chi connectivity index (χ0n) is 10.8. The van der Waals surface area contributed by atoms with Crippen LogP contribution in [0.1, 0.15) is 25.7 Å². The fourth-order valence-electron chi connectivity index (χ4n) is 2.75. The second-order valence-electron chi connectivity index (χ2n) is 5.90. The molecule has 3 fully saturated rings. The van der Waals surface area contributed by atoms with E-state index in [0.717, 1.165) is 45.1 Å². The Bertz CT molecular complexity index is 307. The van der Waals surface area contributed by atoms with Gasteiger partial charge in [-0.3, -0.25) is 14.6 Å². The summed E-state index contributed by atoms with van der Waals surface area (Å²) in [5.41, 5.74) is 0. The molecule has 0 aromatic heterocycles. The summed E-state index contributed by atoms with van der Waals surface area (Å²) in [6.07, 6.45) is 5.00. The minimum atomic E-state index is -0.702. The molecule has 5 nitrogen and oxygen atoms in total. The van der Waals surface area contributed by atoms with Crippen molar-refractivity contribution in [2.24, 2.45) is 0 Å². The molecule has 1 aliphatic heterocycles. The summed E-state index contributed by atoms with van der Waals surface area (Å²) in [7, 11) is 0. The number of nitrogens with one attached hydrogen (secondary N) is 1. The van der Waals surface area contributed by atoms with Crippen LogP contribution in [0.4, 0.5) is 0 Å². The van der Waals surface area contributed by atoms with Gasteiger partial charge in [0.1, 0.15) is 6.04 Å². The van der Waals surface area contributed by atoms with Gasteiger partial charge in [-0.25, -0.2) is 0 Å². The highest BCUT2D eigenvalue weighted by Gasteiger charge is 2.33. The van der Waals surface area contributed by atoms with Gasteiger partial charge >= 0.3 is 5.97 Å². The summed E-state index contributed by atoms with van der Waals surface area (Å²) >= 11 is 0. The third-order valence-electron chi connectivity index (χ3n) is 4.22. The van der Waals surface area contributed by atoms with Gasteiger partial charge in [-0.15, -0.1) is 0 Å². The van der Waals surface area contributed by atoms with Crippen LogP contribution >= 0.6 is 0 Å². The molecule has 2 N–H and O–H groups in total. The Kier molecular flexibility index (Phi) is 3.54. The molecule has 1 heterocycles. The minimum absolute atomic E-state index is 0.384. The maximum Gasteiger partial charge on any atom is 0.322 e. The van der Waals surface area contributed by atoms with Gasteiger partial charge in [-0.2, -0.15) is 0 Å². The number of hydrogen-bond acceptors (Lipinski definition) is 4. The number of hydrogen-bond donors (Lipinski definition) is 2. The van der Waals surface area contributed by atoms with Crippen LogP contribution in [0.2, 0.25) is 0 Å². The van der Waals surface area contributed by atoms with Crippen molar-refractivity contribution in [3.63, 3.8) is 0 Å². The Morgan fingerprint density at radius 1 is 1.17 bits per heavy atom. The van der Waals surface area contributed by atoms with Crippen LogP contribution in [-0.2, 0) is 4.79 Å². The predicted octanol–water partition coefficient (Wildman–Crippen LogP) is -0.0284. The first kappa shape index (κ1) is 12.4. The van der Waals surface area contributed by atoms with Crippen LogP contribution in [0.15, 0.2) is 0 Å². The molecule has 0 amide bonds. The molecule has 0 aromatic rings. The molecule has 0 spiro atoms. The van der Waals surface area contributed by atoms with E-state index in [2.05, 4.69) is 15.1 Å². The molecule has 3 rings (SSSR count). The molecule has 5 heteroatoms. The topological polar surface area (TPSA) is 55.8 Å². The van der Waals surface area contributed by atoms with Gasteiger partial charge in [0.2, 0.25) is 0 Å². The van der Waals surface area contributed by atoms with Crippen LogP contribution in [0.25, 0.3) is 0 Å². The first-order valence-corrected chi connectivity index (χ1v) is 7.17. The summed E-state index contributed by atoms with van der Waals surface area (Å²) in [6, 6.07) is 0.913. The Labute approximate surface area is 108 Å². The minimum Gasteiger partial charge on any atom is -0.480 e. The molecule has 102 valence electrons. The van der Waals surface area contributed by atoms with Gasteiger partial charge in [0.15, 0.2) is 0 Å². The fraction of sp³-hybridized carbons (Fsp3) is 0.923. The van der Waals surface area contributed by atoms with Crippen molar-refractivity contribution in [3.05, 3.63) is 0 Å². The zero-order valence-corrected chi connectivity index (χ0v) is 10.8. The molecule has 0 aromatic carbocycles. The highest BCUT2D eigenvalue weighted by atomic mass is 16.4. The lowest BCUT2D eigenvalue weighted by Crippen LogP contribution is -2.53. The Morgan fingerprint density at radius 2 is 1.83 bits per heavy atom. The zero-order chi connectivity index (χ0) is 12.5. The molecule has 1 saturated heterocycles. The number of aliphatic carboxylic acids is 1. The van der Waals surface area contributed by atoms with E-state index >= 15 is 0 Å². The average Bonchev–Trinajstić information content (AvgIpc) is 3.23. The van der Waals surface area contributed by atoms with Gasteiger partial charge in [-0.1, -0.05) is 0 Å². The van der Waals surface area contributed by atoms with Crippen LogP contribution in [0.3, 0.4) is 0 Å². The van der Waals surface area contributed by atoms with Gasteiger partial charge < -0.3 is 10.4 Å². The summed E-state index contributed by atoms with van der Waals surface area (Å²) in [5.74, 6) is -0.702. The van der Waals surface area contributed by atoms with Crippen LogP contribution in [0, 0.1) is 0 Å². The second kappa shape index (κ2) is 5.15. The predicted molar refractivity (Wildman–Crippen MR) is 68.6 cm³/mol. The first-order valence-electron chi connectivity index (χ1n) is 7.17. The van der Waals surface area contributed by atoms with E-state index in [0.29, 0.717) is 12.6 Å². The van der Waals surface area contributed by atoms with Gasteiger partial charge in [0.25, 0.3) is 0 Å². The van der Waals surface area contributed by atoms with Crippen molar-refractivity contribution in [1.29, 1.82) is 0 Å². The molecular weight excluding hydrogens is 230 g/mol. The third kappa shape index (κ3) is 3.22. The van der Waals surface area contributed by atoms with Crippen LogP contribution < -0.4 is 5.32 Å². The second-order valence-corrected chi connectivity index (χ2v) is 5.90. The maximum absolute atomic E-state index is 11.2. The van der Waals surface area contributed by atoms with Crippen molar-refractivity contribution in [1.82, 2.24) is 15.1 Å². The largest absolute Gasteiger partial charge is 0.480 e. The summed E-state index contributed by atoms with van der Waals surface area (Å²) < 4.78 is 0. The average molecular weight is 253 g/mol. The molecule has 18 heavy (non-hydrogen) atoms. The van der Waals surface area contributed by atoms with Crippen molar-refractivity contribution in [2.75, 3.05) is 32.7 Å². The summed E-state index contributed by atoms with van der Waals surface area (Å²) in [6.45, 7) is 4.92. The molecule has 0 bridgehead atoms. The Morgan fingerprint density at radius 3 is 2.33 bits per heavy atom. The lowest BCUT2D eigenvalue weighted by molar-refractivity contribution is -0.140. The number of rotatable bonds is 6. The van der Waals surface area contributed by atoms with Gasteiger partial charge in [0.05, 0.1) is 0 Å². The highest BCUT2D eigenvalue weighted by molar-refractivity contribution is 5.73. The van der Waals surface area contributed by atoms with Crippen LogP contribution in [0.5, 0.6) is 0 Å². The van der Waals surface area contributed by atoms with E-state index in [1.54, 1.807) is 0 Å². The molecule has 1 unspecified atom stereocenters. The molecule has 2 aliphatic carbocycles. The van der Waals surface area contributed by atoms with E-state index in [1.165, 1.54) is 12.8 Å². The van der Waals surface area contributed by atoms with Crippen molar-refractivity contribution in [3.8, 4) is 0 Å². The van der Waals surface area contributed by atoms with E-state index in [9.17, 15) is 9.90 Å². The smallest absolute Gasteiger partial charge is 0.322 e. The molecular formula is C13H23N3O2. The normalized spacial score (nSPS) is 28.2. The van der Waals surface area contributed by atoms with E-state index in [1.807, 2.05) is 0 Å². The monoisotopic (exact) mass is 253 g/mol. The Hall–Kier alpha value is -0.650. The van der Waals surface area contributed by atoms with E-state index in [4.69, 9.17) is 0 Å².